The summed E-state index contributed by atoms with van der Waals surface area (Å²) in [6, 6.07) is 15.3. The van der Waals surface area contributed by atoms with Gasteiger partial charge in [0, 0.05) is 24.3 Å². The van der Waals surface area contributed by atoms with Gasteiger partial charge in [0.2, 0.25) is 0 Å². The van der Waals surface area contributed by atoms with Gasteiger partial charge in [0.05, 0.1) is 0 Å². The zero-order chi connectivity index (χ0) is 14.1. The lowest BCUT2D eigenvalue weighted by atomic mass is 10.1. The maximum atomic E-state index is 13.2. The number of fused-ring (bicyclic) bond motifs is 1. The molecular formula is C17H17FN2. The van der Waals surface area contributed by atoms with Crippen molar-refractivity contribution in [3.63, 3.8) is 0 Å². The summed E-state index contributed by atoms with van der Waals surface area (Å²) in [6.07, 6.45) is 0. The normalized spacial score (nSPS) is 11.2. The molecule has 0 bridgehead atoms. The van der Waals surface area contributed by atoms with E-state index < -0.39 is 0 Å². The molecule has 0 aliphatic carbocycles. The van der Waals surface area contributed by atoms with Crippen LogP contribution in [0.1, 0.15) is 16.8 Å². The van der Waals surface area contributed by atoms with Crippen LogP contribution in [0.3, 0.4) is 0 Å². The van der Waals surface area contributed by atoms with E-state index in [1.54, 1.807) is 6.07 Å². The summed E-state index contributed by atoms with van der Waals surface area (Å²) in [6.45, 7) is 3.15. The second-order valence-corrected chi connectivity index (χ2v) is 5.06. The average molecular weight is 268 g/mol. The van der Waals surface area contributed by atoms with Gasteiger partial charge < -0.3 is 10.3 Å². The Bertz CT molecular complexity index is 759. The van der Waals surface area contributed by atoms with E-state index in [2.05, 4.69) is 22.8 Å². The second-order valence-electron chi connectivity index (χ2n) is 5.06. The Kier molecular flexibility index (Phi) is 3.28. The maximum Gasteiger partial charge on any atom is 0.123 e. The molecule has 1 heterocycles. The van der Waals surface area contributed by atoms with Crippen LogP contribution in [0.5, 0.6) is 0 Å². The number of hydrogen-bond acceptors (Lipinski definition) is 1. The standard InChI is InChI=1S/C17H17FN2/c1-12-8-15(18)7-6-14(12)11-20-16(10-19)9-13-4-2-3-5-17(13)20/h2-9H,10-11,19H2,1H3. The minimum absolute atomic E-state index is 0.192. The van der Waals surface area contributed by atoms with Crippen molar-refractivity contribution in [1.29, 1.82) is 0 Å². The molecule has 0 radical (unpaired) electrons. The molecule has 20 heavy (non-hydrogen) atoms. The molecule has 0 unspecified atom stereocenters. The number of benzene rings is 2. The molecule has 102 valence electrons. The quantitative estimate of drug-likeness (QED) is 0.773. The molecule has 3 rings (SSSR count). The molecule has 0 aliphatic rings. The number of para-hydroxylation sites is 1. The molecule has 3 heteroatoms. The number of hydrogen-bond donors (Lipinski definition) is 1. The number of halogens is 1. The molecule has 1 aromatic heterocycles. The molecule has 2 N–H and O–H groups in total. The smallest absolute Gasteiger partial charge is 0.123 e. The van der Waals surface area contributed by atoms with Gasteiger partial charge in [0.25, 0.3) is 0 Å². The summed E-state index contributed by atoms with van der Waals surface area (Å²) in [7, 11) is 0. The van der Waals surface area contributed by atoms with Crippen LogP contribution in [0.25, 0.3) is 10.9 Å². The van der Waals surface area contributed by atoms with Gasteiger partial charge in [-0.3, -0.25) is 0 Å². The summed E-state index contributed by atoms with van der Waals surface area (Å²) in [5.41, 5.74) is 10.2. The third kappa shape index (κ3) is 2.21. The first-order valence-electron chi connectivity index (χ1n) is 6.71. The Balaban J connectivity index is 2.09. The first-order valence-corrected chi connectivity index (χ1v) is 6.71. The number of nitrogens with two attached hydrogens (primary N) is 1. The molecular weight excluding hydrogens is 251 g/mol. The van der Waals surface area contributed by atoms with Crippen molar-refractivity contribution in [1.82, 2.24) is 4.57 Å². The van der Waals surface area contributed by atoms with Gasteiger partial charge in [-0.25, -0.2) is 4.39 Å². The molecule has 0 spiro atoms. The highest BCUT2D eigenvalue weighted by Crippen LogP contribution is 2.22. The van der Waals surface area contributed by atoms with Crippen molar-refractivity contribution < 1.29 is 4.39 Å². The minimum Gasteiger partial charge on any atom is -0.339 e. The minimum atomic E-state index is -0.192. The number of nitrogens with zero attached hydrogens (tertiary/aromatic N) is 1. The summed E-state index contributed by atoms with van der Waals surface area (Å²) in [5, 5.41) is 1.19. The van der Waals surface area contributed by atoms with Gasteiger partial charge in [0.1, 0.15) is 5.82 Å². The zero-order valence-electron chi connectivity index (χ0n) is 11.4. The lowest BCUT2D eigenvalue weighted by Gasteiger charge is -2.12. The first kappa shape index (κ1) is 12.9. The molecule has 0 atom stereocenters. The van der Waals surface area contributed by atoms with E-state index in [4.69, 9.17) is 5.73 Å². The van der Waals surface area contributed by atoms with E-state index in [-0.39, 0.29) is 5.82 Å². The highest BCUT2D eigenvalue weighted by atomic mass is 19.1. The third-order valence-electron chi connectivity index (χ3n) is 3.74. The third-order valence-corrected chi connectivity index (χ3v) is 3.74. The van der Waals surface area contributed by atoms with Gasteiger partial charge in [-0.05, 0) is 47.7 Å². The summed E-state index contributed by atoms with van der Waals surface area (Å²) in [4.78, 5) is 0. The van der Waals surface area contributed by atoms with Crippen molar-refractivity contribution in [2.24, 2.45) is 5.73 Å². The van der Waals surface area contributed by atoms with Crippen LogP contribution in [0.2, 0.25) is 0 Å². The van der Waals surface area contributed by atoms with Crippen LogP contribution in [0, 0.1) is 12.7 Å². The van der Waals surface area contributed by atoms with Crippen molar-refractivity contribution in [2.75, 3.05) is 0 Å². The number of rotatable bonds is 3. The largest absolute Gasteiger partial charge is 0.339 e. The Labute approximate surface area is 117 Å². The van der Waals surface area contributed by atoms with Gasteiger partial charge in [-0.2, -0.15) is 0 Å². The van der Waals surface area contributed by atoms with Crippen molar-refractivity contribution in [3.05, 3.63) is 71.2 Å². The first-order chi connectivity index (χ1) is 9.69. The van der Waals surface area contributed by atoms with E-state index in [9.17, 15) is 4.39 Å². The van der Waals surface area contributed by atoms with Gasteiger partial charge in [-0.1, -0.05) is 24.3 Å². The van der Waals surface area contributed by atoms with Crippen molar-refractivity contribution in [3.8, 4) is 0 Å². The Morgan fingerprint density at radius 3 is 2.65 bits per heavy atom. The average Bonchev–Trinajstić information content (AvgIpc) is 2.80. The fourth-order valence-corrected chi connectivity index (χ4v) is 2.63. The monoisotopic (exact) mass is 268 g/mol. The Morgan fingerprint density at radius 1 is 1.10 bits per heavy atom. The van der Waals surface area contributed by atoms with E-state index in [0.29, 0.717) is 13.1 Å². The molecule has 0 aliphatic heterocycles. The Morgan fingerprint density at radius 2 is 1.90 bits per heavy atom. The number of aryl methyl sites for hydroxylation is 1. The van der Waals surface area contributed by atoms with Crippen LogP contribution in [-0.4, -0.2) is 4.57 Å². The fraction of sp³-hybridized carbons (Fsp3) is 0.176. The second kappa shape index (κ2) is 5.10. The molecule has 0 fully saturated rings. The molecule has 0 saturated heterocycles. The van der Waals surface area contributed by atoms with Crippen LogP contribution >= 0.6 is 0 Å². The van der Waals surface area contributed by atoms with E-state index in [0.717, 1.165) is 22.3 Å². The predicted octanol–water partition coefficient (Wildman–Crippen LogP) is 3.60. The van der Waals surface area contributed by atoms with E-state index in [1.807, 2.05) is 25.1 Å². The molecule has 0 amide bonds. The number of aromatic nitrogens is 1. The lowest BCUT2D eigenvalue weighted by Crippen LogP contribution is -2.09. The Hall–Kier alpha value is -2.13. The SMILES string of the molecule is Cc1cc(F)ccc1Cn1c(CN)cc2ccccc21. The summed E-state index contributed by atoms with van der Waals surface area (Å²) < 4.78 is 15.4. The van der Waals surface area contributed by atoms with Crippen LogP contribution < -0.4 is 5.73 Å². The highest BCUT2D eigenvalue weighted by Gasteiger charge is 2.09. The topological polar surface area (TPSA) is 30.9 Å². The maximum absolute atomic E-state index is 13.2. The molecule has 2 nitrogen and oxygen atoms in total. The summed E-state index contributed by atoms with van der Waals surface area (Å²) in [5.74, 6) is -0.192. The van der Waals surface area contributed by atoms with E-state index in [1.165, 1.54) is 11.5 Å². The lowest BCUT2D eigenvalue weighted by molar-refractivity contribution is 0.624. The zero-order valence-corrected chi connectivity index (χ0v) is 11.4. The predicted molar refractivity (Wildman–Crippen MR) is 80.1 cm³/mol. The van der Waals surface area contributed by atoms with Crippen LogP contribution in [0.15, 0.2) is 48.5 Å². The van der Waals surface area contributed by atoms with Gasteiger partial charge >= 0.3 is 0 Å². The fourth-order valence-electron chi connectivity index (χ4n) is 2.63. The van der Waals surface area contributed by atoms with Crippen molar-refractivity contribution in [2.45, 2.75) is 20.0 Å². The van der Waals surface area contributed by atoms with E-state index >= 15 is 0 Å². The van der Waals surface area contributed by atoms with Crippen molar-refractivity contribution >= 4 is 10.9 Å². The molecule has 0 saturated carbocycles. The van der Waals surface area contributed by atoms with Gasteiger partial charge in [-0.15, -0.1) is 0 Å². The highest BCUT2D eigenvalue weighted by molar-refractivity contribution is 5.81. The van der Waals surface area contributed by atoms with Crippen LogP contribution in [-0.2, 0) is 13.1 Å². The molecule has 3 aromatic rings. The van der Waals surface area contributed by atoms with Gasteiger partial charge in [0.15, 0.2) is 0 Å². The summed E-state index contributed by atoms with van der Waals surface area (Å²) >= 11 is 0. The van der Waals surface area contributed by atoms with Crippen LogP contribution in [0.4, 0.5) is 4.39 Å². The molecule has 2 aromatic carbocycles.